The van der Waals surface area contributed by atoms with Crippen LogP contribution in [-0.2, 0) is 0 Å². The lowest BCUT2D eigenvalue weighted by Crippen LogP contribution is -2.00. The Morgan fingerprint density at radius 1 is 0.136 bits per heavy atom. The van der Waals surface area contributed by atoms with E-state index >= 15 is 0 Å². The Morgan fingerprint density at radius 2 is 0.303 bits per heavy atom. The molecule has 11 aromatic rings. The van der Waals surface area contributed by atoms with Crippen LogP contribution in [0.15, 0.2) is 243 Å². The van der Waals surface area contributed by atoms with Crippen LogP contribution in [0, 0.1) is 0 Å². The van der Waals surface area contributed by atoms with E-state index in [-0.39, 0.29) is 0 Å². The molecule has 0 saturated heterocycles. The third kappa shape index (κ3) is 8.54. The normalized spacial score (nSPS) is 11.0. The van der Waals surface area contributed by atoms with Gasteiger partial charge in [0.2, 0.25) is 0 Å². The van der Waals surface area contributed by atoms with Crippen molar-refractivity contribution < 1.29 is 0 Å². The Hall–Kier alpha value is -9.00. The summed E-state index contributed by atoms with van der Waals surface area (Å²) < 4.78 is 0. The van der Waals surface area contributed by atoms with Crippen molar-refractivity contribution >= 4 is 0 Å². The minimum Gasteiger partial charge on any atom is -0.208 e. The number of rotatable bonds is 10. The Labute approximate surface area is 383 Å². The zero-order valence-electron chi connectivity index (χ0n) is 35.8. The summed E-state index contributed by atoms with van der Waals surface area (Å²) in [7, 11) is 0. The van der Waals surface area contributed by atoms with E-state index in [0.717, 1.165) is 77.9 Å². The summed E-state index contributed by atoms with van der Waals surface area (Å²) >= 11 is 0. The predicted molar refractivity (Wildman–Crippen MR) is 268 cm³/mol. The molecule has 0 N–H and O–H groups in total. The van der Waals surface area contributed by atoms with Crippen molar-refractivity contribution in [1.29, 1.82) is 0 Å². The molecule has 0 unspecified atom stereocenters. The highest BCUT2D eigenvalue weighted by molar-refractivity contribution is 5.80. The summed E-state index contributed by atoms with van der Waals surface area (Å²) in [6, 6.07) is 83.2. The van der Waals surface area contributed by atoms with Crippen molar-refractivity contribution in [2.24, 2.45) is 0 Å². The maximum atomic E-state index is 5.17. The molecule has 0 fully saturated rings. The smallest absolute Gasteiger partial charge is 0.164 e. The molecule has 11 rings (SSSR count). The third-order valence-electron chi connectivity index (χ3n) is 11.6. The lowest BCUT2D eigenvalue weighted by Gasteiger charge is -2.12. The van der Waals surface area contributed by atoms with Gasteiger partial charge in [-0.1, -0.05) is 212 Å². The number of aromatic nitrogens is 6. The van der Waals surface area contributed by atoms with Crippen molar-refractivity contribution in [3.05, 3.63) is 243 Å². The maximum absolute atomic E-state index is 5.17. The minimum atomic E-state index is 0.595. The first-order chi connectivity index (χ1) is 32.7. The van der Waals surface area contributed by atoms with Gasteiger partial charge in [0, 0.05) is 33.4 Å². The van der Waals surface area contributed by atoms with Gasteiger partial charge in [0.15, 0.2) is 34.9 Å². The van der Waals surface area contributed by atoms with Crippen LogP contribution >= 0.6 is 0 Å². The number of benzene rings is 9. The maximum Gasteiger partial charge on any atom is 0.164 e. The number of nitrogens with zero attached hydrogens (tertiary/aromatic N) is 6. The molecule has 6 heteroatoms. The van der Waals surface area contributed by atoms with Crippen molar-refractivity contribution in [1.82, 2.24) is 29.9 Å². The monoisotopic (exact) mass is 844 g/mol. The van der Waals surface area contributed by atoms with E-state index in [0.29, 0.717) is 34.9 Å². The number of hydrogen-bond acceptors (Lipinski definition) is 6. The van der Waals surface area contributed by atoms with Crippen molar-refractivity contribution in [2.75, 3.05) is 0 Å². The van der Waals surface area contributed by atoms with Crippen LogP contribution in [0.3, 0.4) is 0 Å². The standard InChI is InChI=1S/C60H40N6/c1-5-18-41(19-6-1)45-26-14-32-51(37-45)58-64-59(52-33-15-27-46(38-52)42-20-7-2-8-21-42)66-60(65-58)54-35-17-31-50(40-54)48-29-13-28-47(36-48)49-30-16-34-53(39-49)57-62-55(43-22-9-3-10-23-43)61-56(63-57)44-24-11-4-12-25-44/h1-40H. The van der Waals surface area contributed by atoms with Gasteiger partial charge in [-0.25, -0.2) is 29.9 Å². The van der Waals surface area contributed by atoms with Gasteiger partial charge >= 0.3 is 0 Å². The highest BCUT2D eigenvalue weighted by Crippen LogP contribution is 2.34. The first kappa shape index (κ1) is 39.8. The molecule has 0 spiro atoms. The van der Waals surface area contributed by atoms with E-state index in [4.69, 9.17) is 29.9 Å². The van der Waals surface area contributed by atoms with Gasteiger partial charge < -0.3 is 0 Å². The van der Waals surface area contributed by atoms with Gasteiger partial charge in [0.1, 0.15) is 0 Å². The van der Waals surface area contributed by atoms with Gasteiger partial charge in [-0.2, -0.15) is 0 Å². The van der Waals surface area contributed by atoms with Gasteiger partial charge in [-0.05, 0) is 74.8 Å². The number of hydrogen-bond donors (Lipinski definition) is 0. The molecule has 2 aromatic heterocycles. The van der Waals surface area contributed by atoms with Crippen LogP contribution in [-0.4, -0.2) is 29.9 Å². The van der Waals surface area contributed by atoms with Crippen molar-refractivity contribution in [3.8, 4) is 113 Å². The average molecular weight is 845 g/mol. The van der Waals surface area contributed by atoms with E-state index in [1.54, 1.807) is 0 Å². The summed E-state index contributed by atoms with van der Waals surface area (Å²) in [5.74, 6) is 3.68. The fourth-order valence-electron chi connectivity index (χ4n) is 8.19. The van der Waals surface area contributed by atoms with E-state index in [9.17, 15) is 0 Å². The van der Waals surface area contributed by atoms with E-state index < -0.39 is 0 Å². The SMILES string of the molecule is c1ccc(-c2cccc(-c3nc(-c4cccc(-c5ccccc5)c4)nc(-c4cccc(-c5cccc(-c6cccc(-c7nc(-c8ccccc8)nc(-c8ccccc8)n7)c6)c5)c4)n3)c2)cc1. The van der Waals surface area contributed by atoms with Crippen LogP contribution in [0.25, 0.3) is 113 Å². The van der Waals surface area contributed by atoms with Crippen LogP contribution < -0.4 is 0 Å². The van der Waals surface area contributed by atoms with Crippen LogP contribution in [0.2, 0.25) is 0 Å². The molecule has 0 amide bonds. The minimum absolute atomic E-state index is 0.595. The van der Waals surface area contributed by atoms with Gasteiger partial charge in [-0.3, -0.25) is 0 Å². The first-order valence-electron chi connectivity index (χ1n) is 21.9. The molecular weight excluding hydrogens is 805 g/mol. The van der Waals surface area contributed by atoms with Crippen molar-refractivity contribution in [3.63, 3.8) is 0 Å². The van der Waals surface area contributed by atoms with Crippen LogP contribution in [0.1, 0.15) is 0 Å². The second kappa shape index (κ2) is 18.0. The molecule has 0 saturated carbocycles. The van der Waals surface area contributed by atoms with Crippen LogP contribution in [0.4, 0.5) is 0 Å². The molecule has 0 aliphatic carbocycles. The molecule has 310 valence electrons. The van der Waals surface area contributed by atoms with Crippen LogP contribution in [0.5, 0.6) is 0 Å². The summed E-state index contributed by atoms with van der Waals surface area (Å²) in [5, 5.41) is 0. The quantitative estimate of drug-likeness (QED) is 0.136. The predicted octanol–water partition coefficient (Wildman–Crippen LogP) is 14.7. The highest BCUT2D eigenvalue weighted by atomic mass is 15.0. The summed E-state index contributed by atoms with van der Waals surface area (Å²) in [6.07, 6.45) is 0. The summed E-state index contributed by atoms with van der Waals surface area (Å²) in [5.41, 5.74) is 14.2. The molecule has 0 radical (unpaired) electrons. The zero-order valence-corrected chi connectivity index (χ0v) is 35.8. The van der Waals surface area contributed by atoms with Gasteiger partial charge in [0.05, 0.1) is 0 Å². The average Bonchev–Trinajstić information content (AvgIpc) is 3.42. The Balaban J connectivity index is 0.965. The Morgan fingerprint density at radius 3 is 0.561 bits per heavy atom. The lowest BCUT2D eigenvalue weighted by atomic mass is 9.97. The summed E-state index contributed by atoms with van der Waals surface area (Å²) in [4.78, 5) is 30.3. The van der Waals surface area contributed by atoms with Gasteiger partial charge in [-0.15, -0.1) is 0 Å². The molecule has 0 bridgehead atoms. The lowest BCUT2D eigenvalue weighted by molar-refractivity contribution is 1.07. The Bertz CT molecular complexity index is 3310. The fraction of sp³-hybridized carbons (Fsp3) is 0. The van der Waals surface area contributed by atoms with E-state index in [1.165, 1.54) is 0 Å². The van der Waals surface area contributed by atoms with Crippen molar-refractivity contribution in [2.45, 2.75) is 0 Å². The molecule has 66 heavy (non-hydrogen) atoms. The molecular formula is C60H40N6. The third-order valence-corrected chi connectivity index (χ3v) is 11.6. The first-order valence-corrected chi connectivity index (χ1v) is 21.9. The zero-order chi connectivity index (χ0) is 44.1. The molecule has 0 atom stereocenters. The molecule has 0 aliphatic rings. The van der Waals surface area contributed by atoms with E-state index in [2.05, 4.69) is 170 Å². The molecule has 2 heterocycles. The van der Waals surface area contributed by atoms with Gasteiger partial charge in [0.25, 0.3) is 0 Å². The molecule has 0 aliphatic heterocycles. The highest BCUT2D eigenvalue weighted by Gasteiger charge is 2.16. The largest absolute Gasteiger partial charge is 0.208 e. The topological polar surface area (TPSA) is 77.3 Å². The Kier molecular flexibility index (Phi) is 10.9. The molecule has 9 aromatic carbocycles. The summed E-state index contributed by atoms with van der Waals surface area (Å²) in [6.45, 7) is 0. The second-order valence-corrected chi connectivity index (χ2v) is 16.0. The fourth-order valence-corrected chi connectivity index (χ4v) is 8.19. The van der Waals surface area contributed by atoms with E-state index in [1.807, 2.05) is 72.8 Å². The second-order valence-electron chi connectivity index (χ2n) is 16.0. The molecule has 6 nitrogen and oxygen atoms in total.